The zero-order valence-corrected chi connectivity index (χ0v) is 17.6. The second-order valence-electron chi connectivity index (χ2n) is 7.39. The topological polar surface area (TPSA) is 60.9 Å². The molecule has 1 fully saturated rings. The van der Waals surface area contributed by atoms with E-state index < -0.39 is 10.0 Å². The molecule has 1 saturated heterocycles. The maximum absolute atomic E-state index is 13.1. The normalized spacial score (nSPS) is 21.5. The predicted molar refractivity (Wildman–Crippen MR) is 111 cm³/mol. The molecule has 0 radical (unpaired) electrons. The summed E-state index contributed by atoms with van der Waals surface area (Å²) in [5.74, 6) is 0.0919. The molecule has 1 atom stereocenters. The van der Waals surface area contributed by atoms with E-state index in [9.17, 15) is 13.2 Å². The lowest BCUT2D eigenvalue weighted by Crippen LogP contribution is -2.53. The van der Waals surface area contributed by atoms with Crippen LogP contribution in [0.4, 0.5) is 5.69 Å². The number of amides is 1. The first-order valence-corrected chi connectivity index (χ1v) is 11.9. The molecular weight excluding hydrogens is 394 g/mol. The summed E-state index contributed by atoms with van der Waals surface area (Å²) >= 11 is 1.24. The quantitative estimate of drug-likeness (QED) is 0.764. The van der Waals surface area contributed by atoms with E-state index in [1.54, 1.807) is 17.5 Å². The average Bonchev–Trinajstić information content (AvgIpc) is 3.24. The second kappa shape index (κ2) is 7.94. The van der Waals surface area contributed by atoms with Crippen molar-refractivity contribution in [3.63, 3.8) is 0 Å². The van der Waals surface area contributed by atoms with Gasteiger partial charge in [0.05, 0.1) is 6.54 Å². The number of fused-ring (bicyclic) bond motifs is 1. The highest BCUT2D eigenvalue weighted by atomic mass is 32.2. The van der Waals surface area contributed by atoms with Gasteiger partial charge in [-0.3, -0.25) is 9.69 Å². The van der Waals surface area contributed by atoms with Crippen molar-refractivity contribution in [3.8, 4) is 0 Å². The lowest BCUT2D eigenvalue weighted by Gasteiger charge is -2.38. The van der Waals surface area contributed by atoms with Gasteiger partial charge in [-0.1, -0.05) is 24.3 Å². The van der Waals surface area contributed by atoms with Crippen molar-refractivity contribution >= 4 is 33.0 Å². The maximum atomic E-state index is 13.1. The minimum Gasteiger partial charge on any atom is -0.308 e. The molecule has 3 heterocycles. The third kappa shape index (κ3) is 3.74. The Balaban J connectivity index is 1.40. The molecule has 0 saturated carbocycles. The number of hydrogen-bond donors (Lipinski definition) is 0. The highest BCUT2D eigenvalue weighted by Gasteiger charge is 2.32. The number of anilines is 1. The fourth-order valence-corrected chi connectivity index (χ4v) is 6.57. The first-order valence-electron chi connectivity index (χ1n) is 9.63. The molecule has 0 N–H and O–H groups in total. The first-order chi connectivity index (χ1) is 13.5. The maximum Gasteiger partial charge on any atom is 0.252 e. The van der Waals surface area contributed by atoms with Gasteiger partial charge in [0, 0.05) is 37.9 Å². The molecule has 2 aromatic rings. The number of rotatable bonds is 4. The Morgan fingerprint density at radius 3 is 2.57 bits per heavy atom. The first kappa shape index (κ1) is 19.6. The van der Waals surface area contributed by atoms with Gasteiger partial charge in [0.1, 0.15) is 4.21 Å². The molecule has 1 aromatic heterocycles. The smallest absolute Gasteiger partial charge is 0.252 e. The van der Waals surface area contributed by atoms with Gasteiger partial charge >= 0.3 is 0 Å². The summed E-state index contributed by atoms with van der Waals surface area (Å²) in [5, 5.41) is 1.78. The van der Waals surface area contributed by atoms with Gasteiger partial charge < -0.3 is 4.90 Å². The Kier molecular flexibility index (Phi) is 5.55. The molecule has 1 aromatic carbocycles. The van der Waals surface area contributed by atoms with E-state index in [-0.39, 0.29) is 11.9 Å². The van der Waals surface area contributed by atoms with Crippen LogP contribution in [0.15, 0.2) is 46.0 Å². The summed E-state index contributed by atoms with van der Waals surface area (Å²) in [5.41, 5.74) is 2.24. The van der Waals surface area contributed by atoms with Crippen molar-refractivity contribution in [1.29, 1.82) is 0 Å². The van der Waals surface area contributed by atoms with E-state index in [1.165, 1.54) is 21.2 Å². The van der Waals surface area contributed by atoms with E-state index in [1.807, 2.05) is 23.1 Å². The third-order valence-corrected chi connectivity index (χ3v) is 8.84. The lowest BCUT2D eigenvalue weighted by atomic mass is 9.96. The second-order valence-corrected chi connectivity index (χ2v) is 10.5. The highest BCUT2D eigenvalue weighted by molar-refractivity contribution is 7.91. The van der Waals surface area contributed by atoms with E-state index in [4.69, 9.17) is 0 Å². The fraction of sp³-hybridized carbons (Fsp3) is 0.450. The molecule has 6 nitrogen and oxygen atoms in total. The van der Waals surface area contributed by atoms with Crippen LogP contribution in [-0.2, 0) is 21.2 Å². The molecule has 1 unspecified atom stereocenters. The fourth-order valence-electron chi connectivity index (χ4n) is 4.00. The van der Waals surface area contributed by atoms with Crippen LogP contribution in [0.2, 0.25) is 0 Å². The van der Waals surface area contributed by atoms with Crippen LogP contribution >= 0.6 is 11.3 Å². The van der Waals surface area contributed by atoms with Crippen molar-refractivity contribution in [1.82, 2.24) is 9.21 Å². The van der Waals surface area contributed by atoms with Crippen LogP contribution in [0.25, 0.3) is 0 Å². The number of carbonyl (C=O) groups excluding carboxylic acids is 1. The van der Waals surface area contributed by atoms with Gasteiger partial charge in [-0.05, 0) is 42.8 Å². The van der Waals surface area contributed by atoms with Crippen LogP contribution in [-0.4, -0.2) is 62.3 Å². The Morgan fingerprint density at radius 1 is 1.11 bits per heavy atom. The molecule has 2 aliphatic rings. The van der Waals surface area contributed by atoms with Gasteiger partial charge in [0.2, 0.25) is 5.91 Å². The number of aryl methyl sites for hydroxylation is 1. The Bertz CT molecular complexity index is 935. The Labute approximate surface area is 170 Å². The summed E-state index contributed by atoms with van der Waals surface area (Å²) < 4.78 is 27.2. The van der Waals surface area contributed by atoms with Crippen molar-refractivity contribution in [2.24, 2.45) is 0 Å². The number of sulfonamides is 1. The average molecular weight is 420 g/mol. The van der Waals surface area contributed by atoms with E-state index in [0.29, 0.717) is 36.9 Å². The molecule has 0 spiro atoms. The summed E-state index contributed by atoms with van der Waals surface area (Å²) in [7, 11) is -3.41. The van der Waals surface area contributed by atoms with E-state index >= 15 is 0 Å². The van der Waals surface area contributed by atoms with Gasteiger partial charge in [0.15, 0.2) is 0 Å². The number of benzene rings is 1. The largest absolute Gasteiger partial charge is 0.308 e. The summed E-state index contributed by atoms with van der Waals surface area (Å²) in [6.45, 7) is 4.39. The number of nitrogens with zero attached hydrogens (tertiary/aromatic N) is 3. The van der Waals surface area contributed by atoms with Gasteiger partial charge in [0.25, 0.3) is 10.0 Å². The summed E-state index contributed by atoms with van der Waals surface area (Å²) in [6, 6.07) is 11.7. The van der Waals surface area contributed by atoms with Crippen molar-refractivity contribution < 1.29 is 13.2 Å². The van der Waals surface area contributed by atoms with Gasteiger partial charge in [-0.15, -0.1) is 11.3 Å². The number of carbonyl (C=O) groups is 1. The monoisotopic (exact) mass is 419 g/mol. The number of thiophene rings is 1. The minimum atomic E-state index is -3.41. The number of hydrogen-bond acceptors (Lipinski definition) is 5. The highest BCUT2D eigenvalue weighted by Crippen LogP contribution is 2.30. The van der Waals surface area contributed by atoms with Crippen LogP contribution in [0.5, 0.6) is 0 Å². The van der Waals surface area contributed by atoms with Crippen molar-refractivity contribution in [2.75, 3.05) is 37.6 Å². The standard InChI is InChI=1S/C20H25N3O3S2/c1-16-8-9-17-5-2-3-6-18(17)23(16)19(24)15-21-10-12-22(13-11-21)28(25,26)20-7-4-14-27-20/h2-7,14,16H,8-13,15H2,1H3. The zero-order chi connectivity index (χ0) is 19.7. The molecule has 0 bridgehead atoms. The minimum absolute atomic E-state index is 0.0919. The van der Waals surface area contributed by atoms with Crippen LogP contribution in [0.3, 0.4) is 0 Å². The molecule has 8 heteroatoms. The van der Waals surface area contributed by atoms with Crippen LogP contribution in [0, 0.1) is 0 Å². The van der Waals surface area contributed by atoms with Gasteiger partial charge in [-0.2, -0.15) is 4.31 Å². The van der Waals surface area contributed by atoms with Gasteiger partial charge in [-0.25, -0.2) is 8.42 Å². The zero-order valence-electron chi connectivity index (χ0n) is 16.0. The predicted octanol–water partition coefficient (Wildman–Crippen LogP) is 2.42. The molecule has 28 heavy (non-hydrogen) atoms. The Morgan fingerprint density at radius 2 is 1.86 bits per heavy atom. The van der Waals surface area contributed by atoms with Crippen LogP contribution in [0.1, 0.15) is 18.9 Å². The Hall–Kier alpha value is -1.74. The molecule has 2 aliphatic heterocycles. The van der Waals surface area contributed by atoms with Crippen molar-refractivity contribution in [3.05, 3.63) is 47.3 Å². The molecule has 4 rings (SSSR count). The third-order valence-electron chi connectivity index (χ3n) is 5.57. The van der Waals surface area contributed by atoms with Crippen LogP contribution < -0.4 is 4.90 Å². The summed E-state index contributed by atoms with van der Waals surface area (Å²) in [6.07, 6.45) is 1.97. The SMILES string of the molecule is CC1CCc2ccccc2N1C(=O)CN1CCN(S(=O)(=O)c2cccs2)CC1. The molecule has 1 amide bonds. The molecule has 150 valence electrons. The van der Waals surface area contributed by atoms with E-state index in [0.717, 1.165) is 18.5 Å². The van der Waals surface area contributed by atoms with E-state index in [2.05, 4.69) is 17.9 Å². The summed E-state index contributed by atoms with van der Waals surface area (Å²) in [4.78, 5) is 17.0. The lowest BCUT2D eigenvalue weighted by molar-refractivity contribution is -0.120. The molecule has 0 aliphatic carbocycles. The number of piperazine rings is 1. The van der Waals surface area contributed by atoms with Crippen molar-refractivity contribution in [2.45, 2.75) is 30.0 Å². The number of para-hydroxylation sites is 1. The molecular formula is C20H25N3O3S2.